The van der Waals surface area contributed by atoms with Crippen molar-refractivity contribution in [2.24, 2.45) is 0 Å². The number of nitrogens with one attached hydrogen (secondary N) is 3. The van der Waals surface area contributed by atoms with Gasteiger partial charge in [-0.2, -0.15) is 13.2 Å². The molecule has 21 heavy (non-hydrogen) atoms. The van der Waals surface area contributed by atoms with Crippen LogP contribution in [0.2, 0.25) is 0 Å². The number of aliphatic carboxylic acids is 1. The Labute approximate surface area is 119 Å². The van der Waals surface area contributed by atoms with Crippen molar-refractivity contribution in [1.82, 2.24) is 20.9 Å². The molecular weight excluding hydrogens is 293 g/mol. The molecular formula is C11H19F3N4O3. The molecule has 0 aromatic carbocycles. The number of hydrogen-bond acceptors (Lipinski definition) is 4. The number of urea groups is 1. The molecule has 1 heterocycles. The summed E-state index contributed by atoms with van der Waals surface area (Å²) in [5.41, 5.74) is -3.31. The van der Waals surface area contributed by atoms with Gasteiger partial charge in [0, 0.05) is 39.3 Å². The van der Waals surface area contributed by atoms with Gasteiger partial charge in [-0.3, -0.25) is 4.90 Å². The summed E-state index contributed by atoms with van der Waals surface area (Å²) >= 11 is 0. The van der Waals surface area contributed by atoms with Crippen LogP contribution in [0.3, 0.4) is 0 Å². The minimum atomic E-state index is -5.09. The summed E-state index contributed by atoms with van der Waals surface area (Å²) < 4.78 is 38.1. The molecule has 10 heteroatoms. The quantitative estimate of drug-likeness (QED) is 0.554. The first kappa shape index (κ1) is 17.5. The van der Waals surface area contributed by atoms with E-state index < -0.39 is 23.7 Å². The highest BCUT2D eigenvalue weighted by molar-refractivity contribution is 5.86. The molecule has 122 valence electrons. The van der Waals surface area contributed by atoms with Crippen molar-refractivity contribution in [2.75, 3.05) is 39.3 Å². The van der Waals surface area contributed by atoms with Gasteiger partial charge < -0.3 is 21.1 Å². The van der Waals surface area contributed by atoms with Crippen molar-refractivity contribution in [1.29, 1.82) is 0 Å². The highest BCUT2D eigenvalue weighted by atomic mass is 19.4. The number of carboxylic acids is 1. The molecule has 0 bridgehead atoms. The number of rotatable bonds is 5. The van der Waals surface area contributed by atoms with Crippen molar-refractivity contribution >= 4 is 12.0 Å². The zero-order chi connectivity index (χ0) is 16.1. The van der Waals surface area contributed by atoms with Gasteiger partial charge in [-0.15, -0.1) is 0 Å². The molecule has 1 fully saturated rings. The smallest absolute Gasteiger partial charge is 0.422 e. The van der Waals surface area contributed by atoms with E-state index in [1.165, 1.54) is 5.32 Å². The molecule has 1 aliphatic rings. The first-order chi connectivity index (χ1) is 9.67. The van der Waals surface area contributed by atoms with E-state index in [-0.39, 0.29) is 6.54 Å². The predicted octanol–water partition coefficient (Wildman–Crippen LogP) is -0.404. The Morgan fingerprint density at radius 2 is 1.86 bits per heavy atom. The van der Waals surface area contributed by atoms with E-state index in [0.29, 0.717) is 13.5 Å². The Bertz CT molecular complexity index is 385. The van der Waals surface area contributed by atoms with Gasteiger partial charge >= 0.3 is 18.2 Å². The van der Waals surface area contributed by atoms with Gasteiger partial charge in [0.2, 0.25) is 5.54 Å². The van der Waals surface area contributed by atoms with Crippen LogP contribution in [0, 0.1) is 0 Å². The van der Waals surface area contributed by atoms with Gasteiger partial charge in [0.05, 0.1) is 0 Å². The van der Waals surface area contributed by atoms with Crippen LogP contribution in [0.4, 0.5) is 18.0 Å². The number of piperazine rings is 1. The first-order valence-corrected chi connectivity index (χ1v) is 6.46. The van der Waals surface area contributed by atoms with Crippen molar-refractivity contribution in [3.63, 3.8) is 0 Å². The highest BCUT2D eigenvalue weighted by Gasteiger charge is 2.58. The molecule has 1 unspecified atom stereocenters. The zero-order valence-electron chi connectivity index (χ0n) is 11.6. The van der Waals surface area contributed by atoms with Gasteiger partial charge in [0.25, 0.3) is 0 Å². The second kappa shape index (κ2) is 6.94. The van der Waals surface area contributed by atoms with Crippen LogP contribution < -0.4 is 16.0 Å². The van der Waals surface area contributed by atoms with Crippen LogP contribution in [0.1, 0.15) is 6.92 Å². The molecule has 4 N–H and O–H groups in total. The van der Waals surface area contributed by atoms with E-state index in [4.69, 9.17) is 5.11 Å². The fourth-order valence-corrected chi connectivity index (χ4v) is 1.78. The van der Waals surface area contributed by atoms with Crippen molar-refractivity contribution in [3.05, 3.63) is 0 Å². The summed E-state index contributed by atoms with van der Waals surface area (Å²) in [5.74, 6) is -2.16. The number of amides is 2. The summed E-state index contributed by atoms with van der Waals surface area (Å²) in [7, 11) is 0. The van der Waals surface area contributed by atoms with Crippen molar-refractivity contribution in [3.8, 4) is 0 Å². The molecule has 0 radical (unpaired) electrons. The first-order valence-electron chi connectivity index (χ1n) is 6.46. The van der Waals surface area contributed by atoms with Gasteiger partial charge in [-0.25, -0.2) is 9.59 Å². The number of alkyl halides is 3. The third kappa shape index (κ3) is 4.74. The summed E-state index contributed by atoms with van der Waals surface area (Å²) in [6.07, 6.45) is -5.09. The summed E-state index contributed by atoms with van der Waals surface area (Å²) in [5, 5.41) is 15.5. The lowest BCUT2D eigenvalue weighted by Crippen LogP contribution is -2.63. The van der Waals surface area contributed by atoms with Gasteiger partial charge in [0.15, 0.2) is 0 Å². The molecule has 1 rings (SSSR count). The Morgan fingerprint density at radius 1 is 1.29 bits per heavy atom. The third-order valence-corrected chi connectivity index (χ3v) is 3.28. The van der Waals surface area contributed by atoms with Crippen LogP contribution in [0.25, 0.3) is 0 Å². The topological polar surface area (TPSA) is 93.7 Å². The van der Waals surface area contributed by atoms with Crippen molar-refractivity contribution in [2.45, 2.75) is 18.6 Å². The monoisotopic (exact) mass is 312 g/mol. The van der Waals surface area contributed by atoms with E-state index in [1.54, 1.807) is 0 Å². The lowest BCUT2D eigenvalue weighted by Gasteiger charge is -2.29. The minimum Gasteiger partial charge on any atom is -0.479 e. The average Bonchev–Trinajstić information content (AvgIpc) is 2.38. The number of carbonyl (C=O) groups excluding carboxylic acids is 1. The summed E-state index contributed by atoms with van der Waals surface area (Å²) in [4.78, 5) is 24.2. The van der Waals surface area contributed by atoms with Gasteiger partial charge in [0.1, 0.15) is 0 Å². The maximum absolute atomic E-state index is 12.7. The van der Waals surface area contributed by atoms with E-state index in [0.717, 1.165) is 26.2 Å². The molecule has 0 aromatic heterocycles. The molecule has 0 saturated carbocycles. The van der Waals surface area contributed by atoms with Crippen LogP contribution in [0.5, 0.6) is 0 Å². The van der Waals surface area contributed by atoms with Crippen LogP contribution in [0.15, 0.2) is 0 Å². The van der Waals surface area contributed by atoms with E-state index in [1.807, 2.05) is 4.90 Å². The minimum absolute atomic E-state index is 0.138. The highest BCUT2D eigenvalue weighted by Crippen LogP contribution is 2.30. The van der Waals surface area contributed by atoms with Gasteiger partial charge in [-0.05, 0) is 6.92 Å². The SMILES string of the molecule is CC(NC(=O)NCCN1CCNCC1)(C(=O)O)C(F)(F)F. The molecule has 0 spiro atoms. The standard InChI is InChI=1S/C11H19F3N4O3/c1-10(8(19)20,11(12,13)14)17-9(21)16-4-7-18-5-2-15-3-6-18/h15H,2-7H2,1H3,(H,19,20)(H2,16,17,21). The second-order valence-electron chi connectivity index (χ2n) is 4.90. The third-order valence-electron chi connectivity index (χ3n) is 3.28. The number of carbonyl (C=O) groups is 2. The molecule has 2 amide bonds. The largest absolute Gasteiger partial charge is 0.479 e. The Morgan fingerprint density at radius 3 is 2.33 bits per heavy atom. The average molecular weight is 312 g/mol. The number of carboxylic acid groups (broad SMARTS) is 1. The fraction of sp³-hybridized carbons (Fsp3) is 0.818. The molecule has 0 aromatic rings. The zero-order valence-corrected chi connectivity index (χ0v) is 11.6. The van der Waals surface area contributed by atoms with E-state index in [9.17, 15) is 22.8 Å². The summed E-state index contributed by atoms with van der Waals surface area (Å²) in [6, 6.07) is -1.16. The second-order valence-corrected chi connectivity index (χ2v) is 4.90. The maximum Gasteiger partial charge on any atom is 0.422 e. The normalized spacial score (nSPS) is 19.6. The van der Waals surface area contributed by atoms with Crippen molar-refractivity contribution < 1.29 is 27.9 Å². The number of nitrogens with zero attached hydrogens (tertiary/aromatic N) is 1. The fourth-order valence-electron chi connectivity index (χ4n) is 1.78. The van der Waals surface area contributed by atoms with Gasteiger partial charge in [-0.1, -0.05) is 0 Å². The lowest BCUT2D eigenvalue weighted by atomic mass is 10.0. The van der Waals surface area contributed by atoms with Crippen LogP contribution in [-0.2, 0) is 4.79 Å². The maximum atomic E-state index is 12.7. The molecule has 0 aliphatic carbocycles. The number of hydrogen-bond donors (Lipinski definition) is 4. The van der Waals surface area contributed by atoms with E-state index >= 15 is 0 Å². The summed E-state index contributed by atoms with van der Waals surface area (Å²) in [6.45, 7) is 4.25. The van der Waals surface area contributed by atoms with Crippen LogP contribution >= 0.6 is 0 Å². The predicted molar refractivity (Wildman–Crippen MR) is 67.9 cm³/mol. The molecule has 7 nitrogen and oxygen atoms in total. The van der Waals surface area contributed by atoms with E-state index in [2.05, 4.69) is 10.6 Å². The Balaban J connectivity index is 2.42. The molecule has 1 saturated heterocycles. The Kier molecular flexibility index (Phi) is 5.78. The Hall–Kier alpha value is -1.55. The number of halogens is 3. The molecule has 1 aliphatic heterocycles. The van der Waals surface area contributed by atoms with Crippen LogP contribution in [-0.4, -0.2) is 73.0 Å². The molecule has 1 atom stereocenters. The lowest BCUT2D eigenvalue weighted by molar-refractivity contribution is -0.203.